The number of esters is 1. The van der Waals surface area contributed by atoms with Crippen LogP contribution in [0.25, 0.3) is 0 Å². The third-order valence-electron chi connectivity index (χ3n) is 12.5. The van der Waals surface area contributed by atoms with Gasteiger partial charge in [-0.1, -0.05) is 61.3 Å². The molecule has 0 bridgehead atoms. The highest BCUT2D eigenvalue weighted by atomic mass is 28.4. The molecule has 0 aromatic rings. The van der Waals surface area contributed by atoms with Crippen LogP contribution in [0.2, 0.25) is 18.1 Å². The van der Waals surface area contributed by atoms with E-state index in [-0.39, 0.29) is 38.3 Å². The summed E-state index contributed by atoms with van der Waals surface area (Å²) in [6.45, 7) is 29.1. The first kappa shape index (κ1) is 60.6. The minimum atomic E-state index is -2.21. The number of amides is 7. The Balaban J connectivity index is 3.45. The highest BCUT2D eigenvalue weighted by Gasteiger charge is 2.45. The average molecular weight is 970 g/mol. The number of carbonyl (C=O) groups is 8. The number of nitrogens with one attached hydrogen (secondary N) is 4. The van der Waals surface area contributed by atoms with Crippen molar-refractivity contribution in [2.45, 2.75) is 215 Å². The van der Waals surface area contributed by atoms with Crippen LogP contribution in [0.4, 0.5) is 9.59 Å². The van der Waals surface area contributed by atoms with Crippen LogP contribution in [0.1, 0.15) is 149 Å². The Labute approximate surface area is 401 Å². The van der Waals surface area contributed by atoms with Crippen molar-refractivity contribution in [1.29, 1.82) is 0 Å². The van der Waals surface area contributed by atoms with Gasteiger partial charge in [-0.15, -0.1) is 0 Å². The van der Waals surface area contributed by atoms with Gasteiger partial charge < -0.3 is 44.0 Å². The number of hydrazine groups is 1. The van der Waals surface area contributed by atoms with Crippen LogP contribution >= 0.6 is 0 Å². The lowest BCUT2D eigenvalue weighted by Crippen LogP contribution is -2.61. The molecule has 1 aliphatic rings. The molecule has 19 nitrogen and oxygen atoms in total. The summed E-state index contributed by atoms with van der Waals surface area (Å²) in [6.07, 6.45) is -1.41. The second-order valence-electron chi connectivity index (χ2n) is 20.5. The van der Waals surface area contributed by atoms with Gasteiger partial charge in [0.2, 0.25) is 17.7 Å². The Morgan fingerprint density at radius 1 is 0.731 bits per heavy atom. The van der Waals surface area contributed by atoms with E-state index in [1.807, 2.05) is 41.5 Å². The highest BCUT2D eigenvalue weighted by Crippen LogP contribution is 2.32. The monoisotopic (exact) mass is 970 g/mol. The van der Waals surface area contributed by atoms with Crippen LogP contribution in [0, 0.1) is 11.8 Å². The maximum atomic E-state index is 14.6. The number of alkyl carbamates (subject to hydrolysis) is 1. The van der Waals surface area contributed by atoms with Crippen molar-refractivity contribution in [2.24, 2.45) is 11.8 Å². The van der Waals surface area contributed by atoms with Crippen molar-refractivity contribution in [1.82, 2.24) is 36.2 Å². The average Bonchev–Trinajstić information content (AvgIpc) is 3.74. The van der Waals surface area contributed by atoms with Gasteiger partial charge in [-0.2, -0.15) is 0 Å². The van der Waals surface area contributed by atoms with Gasteiger partial charge in [0.25, 0.3) is 11.8 Å². The van der Waals surface area contributed by atoms with Crippen LogP contribution in [-0.4, -0.2) is 145 Å². The van der Waals surface area contributed by atoms with Crippen molar-refractivity contribution in [3.63, 3.8) is 0 Å². The molecule has 2 unspecified atom stereocenters. The normalized spacial score (nSPS) is 17.1. The number of nitrogens with zero attached hydrogens (tertiary/aromatic N) is 3. The van der Waals surface area contributed by atoms with Crippen molar-refractivity contribution >= 4 is 56.0 Å². The second-order valence-corrected chi connectivity index (χ2v) is 25.2. The fourth-order valence-corrected chi connectivity index (χ4v) is 11.1. The van der Waals surface area contributed by atoms with Gasteiger partial charge in [0.05, 0.1) is 12.0 Å². The maximum absolute atomic E-state index is 14.6. The Bertz CT molecular complexity index is 1690. The van der Waals surface area contributed by atoms with E-state index in [4.69, 9.17) is 18.6 Å². The molecule has 0 aliphatic carbocycles. The topological polar surface area (TPSA) is 231 Å². The molecule has 67 heavy (non-hydrogen) atoms. The van der Waals surface area contributed by atoms with Gasteiger partial charge in [-0.05, 0) is 105 Å². The number of carbonyl (C=O) groups excluding carboxylic acids is 8. The summed E-state index contributed by atoms with van der Waals surface area (Å²) in [5.74, 6) is -4.42. The minimum absolute atomic E-state index is 0.00936. The van der Waals surface area contributed by atoms with E-state index in [1.54, 1.807) is 41.5 Å². The molecule has 7 amide bonds. The molecule has 0 saturated carbocycles. The van der Waals surface area contributed by atoms with E-state index >= 15 is 0 Å². The summed E-state index contributed by atoms with van der Waals surface area (Å²) in [5, 5.41) is 5.47. The summed E-state index contributed by atoms with van der Waals surface area (Å²) >= 11 is 0. The predicted molar refractivity (Wildman–Crippen MR) is 258 cm³/mol. The van der Waals surface area contributed by atoms with Gasteiger partial charge in [-0.3, -0.25) is 34.2 Å². The molecule has 386 valence electrons. The molecule has 7 atom stereocenters. The Kier molecular flexibility index (Phi) is 23.8. The fraction of sp³-hybridized carbons (Fsp3) is 0.830. The SMILES string of the molecule is CCC(C)[C@H](NC(=O)[C@@H]1CCCN1C(=O)[C@@H](CC(C)(C)O[Si](CC)(CC)CC)OC(=O)CCNC(=O)OC(C)(C)C)C(=O)N(C)[C@H](C(=O)N(C)[C@@H](C)C(=O)NNC(=O)OC(C)(C)C)C(C)CC. The van der Waals surface area contributed by atoms with E-state index in [2.05, 4.69) is 42.3 Å². The van der Waals surface area contributed by atoms with Crippen molar-refractivity contribution in [3.05, 3.63) is 0 Å². The molecule has 1 aliphatic heterocycles. The van der Waals surface area contributed by atoms with E-state index in [0.29, 0.717) is 19.3 Å². The van der Waals surface area contributed by atoms with Crippen molar-refractivity contribution in [3.8, 4) is 0 Å². The quantitative estimate of drug-likeness (QED) is 0.0412. The Hall–Kier alpha value is -4.46. The van der Waals surface area contributed by atoms with E-state index in [9.17, 15) is 38.4 Å². The number of rotatable bonds is 23. The highest BCUT2D eigenvalue weighted by molar-refractivity contribution is 6.73. The zero-order valence-corrected chi connectivity index (χ0v) is 45.1. The van der Waals surface area contributed by atoms with Gasteiger partial charge in [0.1, 0.15) is 35.4 Å². The van der Waals surface area contributed by atoms with E-state index in [1.165, 1.54) is 35.7 Å². The number of hydrogen-bond donors (Lipinski definition) is 4. The summed E-state index contributed by atoms with van der Waals surface area (Å²) in [4.78, 5) is 113. The zero-order chi connectivity index (χ0) is 51.8. The molecule has 1 rings (SSSR count). The molecule has 1 fully saturated rings. The minimum Gasteiger partial charge on any atom is -0.452 e. The van der Waals surface area contributed by atoms with E-state index < -0.39 is 109 Å². The largest absolute Gasteiger partial charge is 0.452 e. The van der Waals surface area contributed by atoms with Crippen LogP contribution in [0.15, 0.2) is 0 Å². The lowest BCUT2D eigenvalue weighted by atomic mass is 9.92. The standard InChI is InChI=1S/C47H87N7O12Si/c1-19-30(6)36(41(59)53(18)37(31(7)20-2)42(60)52(17)32(8)38(56)50-51-44(62)65-46(12,13)14)49-39(57)33-25-24-28-54(33)40(58)34(29-47(15,16)66-67(21-3,22-4)23-5)63-35(55)26-27-48-43(61)64-45(9,10)11/h30-34,36-37H,19-29H2,1-18H3,(H,48,61)(H,49,57)(H,50,56)(H,51,62)/t30?,31?,32-,33-,34+,36-,37-/m0/s1. The number of ether oxygens (including phenoxy) is 3. The summed E-state index contributed by atoms with van der Waals surface area (Å²) < 4.78 is 23.2. The molecule has 4 N–H and O–H groups in total. The summed E-state index contributed by atoms with van der Waals surface area (Å²) in [5.41, 5.74) is 2.02. The van der Waals surface area contributed by atoms with Crippen molar-refractivity contribution < 1.29 is 57.0 Å². The van der Waals surface area contributed by atoms with Gasteiger partial charge in [-0.25, -0.2) is 15.0 Å². The molecule has 1 heterocycles. The van der Waals surface area contributed by atoms with Gasteiger partial charge in [0, 0.05) is 33.6 Å². The molecule has 0 radical (unpaired) electrons. The second kappa shape index (κ2) is 26.3. The third-order valence-corrected chi connectivity index (χ3v) is 17.3. The Morgan fingerprint density at radius 3 is 1.78 bits per heavy atom. The molecule has 0 spiro atoms. The molecular weight excluding hydrogens is 883 g/mol. The number of likely N-dealkylation sites (N-methyl/N-ethyl adjacent to an activating group) is 2. The number of likely N-dealkylation sites (tertiary alicyclic amines) is 1. The van der Waals surface area contributed by atoms with Crippen molar-refractivity contribution in [2.75, 3.05) is 27.2 Å². The van der Waals surface area contributed by atoms with Crippen LogP contribution < -0.4 is 21.5 Å². The van der Waals surface area contributed by atoms with E-state index in [0.717, 1.165) is 18.1 Å². The molecule has 0 aromatic heterocycles. The van der Waals surface area contributed by atoms with Crippen LogP contribution in [-0.2, 0) is 47.4 Å². The zero-order valence-electron chi connectivity index (χ0n) is 44.1. The van der Waals surface area contributed by atoms with Gasteiger partial charge in [0.15, 0.2) is 14.4 Å². The molecule has 1 saturated heterocycles. The lowest BCUT2D eigenvalue weighted by Gasteiger charge is -2.40. The van der Waals surface area contributed by atoms with Gasteiger partial charge >= 0.3 is 18.2 Å². The lowest BCUT2D eigenvalue weighted by molar-refractivity contribution is -0.164. The molecular formula is C47H87N7O12Si. The number of hydrogen-bond acceptors (Lipinski definition) is 12. The third kappa shape index (κ3) is 19.2. The van der Waals surface area contributed by atoms with Crippen LogP contribution in [0.3, 0.4) is 0 Å². The first-order chi connectivity index (χ1) is 30.8. The first-order valence-corrected chi connectivity index (χ1v) is 26.7. The predicted octanol–water partition coefficient (Wildman–Crippen LogP) is 5.80. The summed E-state index contributed by atoms with van der Waals surface area (Å²) in [7, 11) is 0.718. The fourth-order valence-electron chi connectivity index (χ4n) is 7.91. The molecule has 0 aromatic carbocycles. The Morgan fingerprint density at radius 2 is 1.27 bits per heavy atom. The molecule has 20 heteroatoms. The summed E-state index contributed by atoms with van der Waals surface area (Å²) in [6, 6.07) is -1.66. The smallest absolute Gasteiger partial charge is 0.426 e. The van der Waals surface area contributed by atoms with Crippen LogP contribution in [0.5, 0.6) is 0 Å². The first-order valence-electron chi connectivity index (χ1n) is 24.1. The maximum Gasteiger partial charge on any atom is 0.426 e.